The summed E-state index contributed by atoms with van der Waals surface area (Å²) >= 11 is 3.28. The van der Waals surface area contributed by atoms with Crippen molar-refractivity contribution >= 4 is 27.8 Å². The van der Waals surface area contributed by atoms with Crippen LogP contribution in [0.1, 0.15) is 23.2 Å². The third kappa shape index (κ3) is 3.26. The van der Waals surface area contributed by atoms with Gasteiger partial charge in [-0.2, -0.15) is 0 Å². The molecule has 1 aromatic carbocycles. The molecule has 6 heteroatoms. The van der Waals surface area contributed by atoms with E-state index >= 15 is 0 Å². The van der Waals surface area contributed by atoms with Crippen LogP contribution < -0.4 is 10.1 Å². The van der Waals surface area contributed by atoms with E-state index in [1.54, 1.807) is 18.2 Å². The van der Waals surface area contributed by atoms with Crippen molar-refractivity contribution < 1.29 is 19.4 Å². The fourth-order valence-electron chi connectivity index (χ4n) is 1.84. The number of carboxylic acids is 1. The van der Waals surface area contributed by atoms with Crippen molar-refractivity contribution in [3.8, 4) is 5.75 Å². The van der Waals surface area contributed by atoms with Crippen molar-refractivity contribution in [3.63, 3.8) is 0 Å². The number of hydrogen-bond acceptors (Lipinski definition) is 3. The van der Waals surface area contributed by atoms with Crippen LogP contribution in [0.25, 0.3) is 0 Å². The van der Waals surface area contributed by atoms with E-state index in [0.717, 1.165) is 12.8 Å². The first-order valence-electron chi connectivity index (χ1n) is 5.90. The van der Waals surface area contributed by atoms with E-state index in [9.17, 15) is 9.59 Å². The molecule has 1 aromatic rings. The Morgan fingerprint density at radius 2 is 2.16 bits per heavy atom. The average molecular weight is 328 g/mol. The zero-order valence-electron chi connectivity index (χ0n) is 10.4. The lowest BCUT2D eigenvalue weighted by Gasteiger charge is -2.14. The summed E-state index contributed by atoms with van der Waals surface area (Å²) in [6, 6.07) is 4.17. The highest BCUT2D eigenvalue weighted by Crippen LogP contribution is 2.33. The fraction of sp³-hybridized carbons (Fsp3) is 0.385. The van der Waals surface area contributed by atoms with Gasteiger partial charge in [-0.05, 0) is 52.9 Å². The van der Waals surface area contributed by atoms with Crippen molar-refractivity contribution in [3.05, 3.63) is 28.2 Å². The van der Waals surface area contributed by atoms with Crippen LogP contribution in [0.3, 0.4) is 0 Å². The molecule has 0 bridgehead atoms. The van der Waals surface area contributed by atoms with Crippen LogP contribution in [0.4, 0.5) is 0 Å². The minimum Gasteiger partial charge on any atom is -0.497 e. The zero-order valence-corrected chi connectivity index (χ0v) is 11.9. The minimum absolute atomic E-state index is 0.0471. The van der Waals surface area contributed by atoms with Crippen LogP contribution in [0, 0.1) is 5.92 Å². The maximum absolute atomic E-state index is 12.1. The van der Waals surface area contributed by atoms with Crippen molar-refractivity contribution in [2.75, 3.05) is 7.11 Å². The van der Waals surface area contributed by atoms with Crippen LogP contribution in [0.15, 0.2) is 22.7 Å². The van der Waals surface area contributed by atoms with Gasteiger partial charge in [0.05, 0.1) is 12.7 Å². The van der Waals surface area contributed by atoms with Gasteiger partial charge in [-0.1, -0.05) is 0 Å². The van der Waals surface area contributed by atoms with Crippen LogP contribution >= 0.6 is 15.9 Å². The third-order valence-corrected chi connectivity index (χ3v) is 3.76. The number of amides is 1. The predicted molar refractivity (Wildman–Crippen MR) is 72.3 cm³/mol. The topological polar surface area (TPSA) is 75.6 Å². The van der Waals surface area contributed by atoms with Crippen molar-refractivity contribution in [2.24, 2.45) is 5.92 Å². The van der Waals surface area contributed by atoms with Crippen molar-refractivity contribution in [1.82, 2.24) is 5.32 Å². The Morgan fingerprint density at radius 3 is 2.68 bits per heavy atom. The van der Waals surface area contributed by atoms with Gasteiger partial charge >= 0.3 is 5.97 Å². The highest BCUT2D eigenvalue weighted by molar-refractivity contribution is 9.10. The number of carbonyl (C=O) groups is 2. The Kier molecular flexibility index (Phi) is 4.09. The molecule has 0 aliphatic heterocycles. The molecule has 102 valence electrons. The van der Waals surface area contributed by atoms with Crippen LogP contribution in [-0.4, -0.2) is 30.1 Å². The van der Waals surface area contributed by atoms with E-state index in [2.05, 4.69) is 21.2 Å². The number of benzene rings is 1. The van der Waals surface area contributed by atoms with Gasteiger partial charge in [-0.15, -0.1) is 0 Å². The summed E-state index contributed by atoms with van der Waals surface area (Å²) in [4.78, 5) is 23.2. The number of aliphatic carboxylic acids is 1. The Morgan fingerprint density at radius 1 is 1.47 bits per heavy atom. The first kappa shape index (κ1) is 13.9. The maximum atomic E-state index is 12.1. The number of methoxy groups -OCH3 is 1. The number of halogens is 1. The van der Waals surface area contributed by atoms with Crippen LogP contribution in [-0.2, 0) is 4.79 Å². The van der Waals surface area contributed by atoms with E-state index in [1.165, 1.54) is 7.11 Å². The molecule has 1 aliphatic rings. The molecular weight excluding hydrogens is 314 g/mol. The summed E-state index contributed by atoms with van der Waals surface area (Å²) in [6.45, 7) is 0. The summed E-state index contributed by atoms with van der Waals surface area (Å²) in [5.74, 6) is -0.808. The van der Waals surface area contributed by atoms with Crippen molar-refractivity contribution in [2.45, 2.75) is 18.9 Å². The van der Waals surface area contributed by atoms with Gasteiger partial charge < -0.3 is 15.2 Å². The van der Waals surface area contributed by atoms with Crippen LogP contribution in [0.5, 0.6) is 5.75 Å². The number of carbonyl (C=O) groups excluding carboxylic acids is 1. The van der Waals surface area contributed by atoms with Gasteiger partial charge in [0.25, 0.3) is 5.91 Å². The molecule has 0 aromatic heterocycles. The number of nitrogens with one attached hydrogen (secondary N) is 1. The highest BCUT2D eigenvalue weighted by Gasteiger charge is 2.37. The molecule has 1 unspecified atom stereocenters. The van der Waals surface area contributed by atoms with E-state index in [0.29, 0.717) is 15.8 Å². The lowest BCUT2D eigenvalue weighted by atomic mass is 10.1. The number of hydrogen-bond donors (Lipinski definition) is 2. The van der Waals surface area contributed by atoms with Gasteiger partial charge in [0.2, 0.25) is 0 Å². The lowest BCUT2D eigenvalue weighted by Crippen LogP contribution is -2.42. The third-order valence-electron chi connectivity index (χ3n) is 3.06. The van der Waals surface area contributed by atoms with Crippen molar-refractivity contribution in [1.29, 1.82) is 0 Å². The molecule has 2 N–H and O–H groups in total. The molecule has 1 aliphatic carbocycles. The number of carboxylic acid groups (broad SMARTS) is 1. The Bertz CT molecular complexity index is 513. The summed E-state index contributed by atoms with van der Waals surface area (Å²) in [5.41, 5.74) is 0.367. The minimum atomic E-state index is -0.991. The van der Waals surface area contributed by atoms with E-state index in [-0.39, 0.29) is 5.92 Å². The summed E-state index contributed by atoms with van der Waals surface area (Å²) in [7, 11) is 1.51. The molecular formula is C13H14BrNO4. The van der Waals surface area contributed by atoms with Gasteiger partial charge in [0.15, 0.2) is 0 Å². The first-order chi connectivity index (χ1) is 9.02. The molecule has 1 amide bonds. The summed E-state index contributed by atoms with van der Waals surface area (Å²) < 4.78 is 5.66. The first-order valence-corrected chi connectivity index (χ1v) is 6.69. The second-order valence-electron chi connectivity index (χ2n) is 4.47. The van der Waals surface area contributed by atoms with Gasteiger partial charge in [0.1, 0.15) is 11.8 Å². The van der Waals surface area contributed by atoms with E-state index in [4.69, 9.17) is 9.84 Å². The standard InChI is InChI=1S/C13H14BrNO4/c1-19-8-4-5-10(14)9(6-8)12(16)15-11(13(17)18)7-2-3-7/h4-7,11H,2-3H2,1H3,(H,15,16)(H,17,18). The van der Waals surface area contributed by atoms with E-state index in [1.807, 2.05) is 0 Å². The van der Waals surface area contributed by atoms with E-state index < -0.39 is 17.9 Å². The SMILES string of the molecule is COc1ccc(Br)c(C(=O)NC(C(=O)O)C2CC2)c1. The molecule has 1 fully saturated rings. The Hall–Kier alpha value is -1.56. The molecule has 19 heavy (non-hydrogen) atoms. The fourth-order valence-corrected chi connectivity index (χ4v) is 2.26. The highest BCUT2D eigenvalue weighted by atomic mass is 79.9. The molecule has 2 rings (SSSR count). The summed E-state index contributed by atoms with van der Waals surface area (Å²) in [5, 5.41) is 11.7. The van der Waals surface area contributed by atoms with Gasteiger partial charge in [-0.3, -0.25) is 4.79 Å². The molecule has 0 radical (unpaired) electrons. The molecule has 5 nitrogen and oxygen atoms in total. The van der Waals surface area contributed by atoms with Gasteiger partial charge in [-0.25, -0.2) is 4.79 Å². The Labute approximate surface area is 119 Å². The lowest BCUT2D eigenvalue weighted by molar-refractivity contribution is -0.139. The predicted octanol–water partition coefficient (Wildman–Crippen LogP) is 2.05. The molecule has 0 spiro atoms. The molecule has 1 atom stereocenters. The van der Waals surface area contributed by atoms with Gasteiger partial charge in [0, 0.05) is 4.47 Å². The second kappa shape index (κ2) is 5.61. The largest absolute Gasteiger partial charge is 0.497 e. The number of ether oxygens (including phenoxy) is 1. The summed E-state index contributed by atoms with van der Waals surface area (Å²) in [6.07, 6.45) is 1.69. The normalized spacial score (nSPS) is 15.7. The quantitative estimate of drug-likeness (QED) is 0.867. The smallest absolute Gasteiger partial charge is 0.326 e. The molecule has 0 saturated heterocycles. The molecule has 0 heterocycles. The molecule has 1 saturated carbocycles. The van der Waals surface area contributed by atoms with Crippen LogP contribution in [0.2, 0.25) is 0 Å². The monoisotopic (exact) mass is 327 g/mol. The Balaban J connectivity index is 2.16. The average Bonchev–Trinajstić information content (AvgIpc) is 3.20. The second-order valence-corrected chi connectivity index (χ2v) is 5.33. The zero-order chi connectivity index (χ0) is 14.0. The maximum Gasteiger partial charge on any atom is 0.326 e. The number of rotatable bonds is 5.